The maximum absolute atomic E-state index is 17.2. The summed E-state index contributed by atoms with van der Waals surface area (Å²) in [5.74, 6) is -2.52. The van der Waals surface area contributed by atoms with Crippen LogP contribution in [-0.4, -0.2) is 90.8 Å². The molecule has 270 valence electrons. The first-order valence-electron chi connectivity index (χ1n) is 16.4. The van der Waals surface area contributed by atoms with Gasteiger partial charge >= 0.3 is 12.2 Å². The van der Waals surface area contributed by atoms with Gasteiger partial charge in [-0.2, -0.15) is 28.4 Å². The molecule has 0 radical (unpaired) electrons. The van der Waals surface area contributed by atoms with Crippen LogP contribution in [0.4, 0.5) is 32.8 Å². The summed E-state index contributed by atoms with van der Waals surface area (Å²) in [5.41, 5.74) is 2.60. The number of nitrogens with two attached hydrogens (primary N) is 1. The van der Waals surface area contributed by atoms with Gasteiger partial charge in [-0.15, -0.1) is 11.3 Å². The first-order chi connectivity index (χ1) is 24.3. The van der Waals surface area contributed by atoms with Crippen LogP contribution in [0.3, 0.4) is 0 Å². The lowest BCUT2D eigenvalue weighted by atomic mass is 9.92. The largest absolute Gasteiger partial charge is 0.462 e. The van der Waals surface area contributed by atoms with E-state index in [0.29, 0.717) is 24.3 Å². The third kappa shape index (κ3) is 6.42. The van der Waals surface area contributed by atoms with E-state index in [1.165, 1.54) is 13.2 Å². The molecule has 16 heteroatoms. The highest BCUT2D eigenvalue weighted by molar-refractivity contribution is 7.23. The molecule has 3 unspecified atom stereocenters. The minimum Gasteiger partial charge on any atom is -0.462 e. The number of rotatable bonds is 10. The van der Waals surface area contributed by atoms with Crippen LogP contribution in [0.1, 0.15) is 37.3 Å². The minimum atomic E-state index is -5.12. The van der Waals surface area contributed by atoms with Gasteiger partial charge < -0.3 is 29.9 Å². The molecule has 2 aromatic heterocycles. The maximum Gasteiger partial charge on any atom is 0.417 e. The highest BCUT2D eigenvalue weighted by Gasteiger charge is 2.42. The van der Waals surface area contributed by atoms with E-state index in [0.717, 1.165) is 37.6 Å². The summed E-state index contributed by atoms with van der Waals surface area (Å²) in [6.45, 7) is 7.01. The van der Waals surface area contributed by atoms with Crippen molar-refractivity contribution in [3.8, 4) is 23.2 Å². The highest BCUT2D eigenvalue weighted by Crippen LogP contribution is 2.48. The molecule has 2 saturated heterocycles. The number of aromatic nitrogens is 2. The Morgan fingerprint density at radius 3 is 2.63 bits per heavy atom. The number of nitrogens with zero attached hydrogens (tertiary/aromatic N) is 6. The summed E-state index contributed by atoms with van der Waals surface area (Å²) in [5, 5.41) is 9.26. The third-order valence-electron chi connectivity index (χ3n) is 9.79. The number of likely N-dealkylation sites (N-methyl/N-ethyl adjacent to an activating group) is 2. The fourth-order valence-corrected chi connectivity index (χ4v) is 8.28. The second-order valence-corrected chi connectivity index (χ2v) is 13.6. The van der Waals surface area contributed by atoms with Crippen LogP contribution < -0.4 is 15.4 Å². The molecule has 0 spiro atoms. The number of benzene rings is 2. The summed E-state index contributed by atoms with van der Waals surface area (Å²) in [6, 6.07) is 3.29. The molecule has 1 amide bonds. The average Bonchev–Trinajstić information content (AvgIpc) is 3.80. The first-order valence-corrected chi connectivity index (χ1v) is 17.2. The van der Waals surface area contributed by atoms with Crippen LogP contribution >= 0.6 is 11.3 Å². The lowest BCUT2D eigenvalue weighted by Crippen LogP contribution is -2.49. The Morgan fingerprint density at radius 2 is 2.00 bits per heavy atom. The van der Waals surface area contributed by atoms with Crippen molar-refractivity contribution in [1.29, 1.82) is 5.26 Å². The number of fused-ring (bicyclic) bond motifs is 2. The molecule has 2 aliphatic heterocycles. The number of anilines is 2. The molecule has 2 fully saturated rings. The average molecular weight is 730 g/mol. The molecular weight excluding hydrogens is 693 g/mol. The van der Waals surface area contributed by atoms with Gasteiger partial charge in [0.15, 0.2) is 5.82 Å². The number of hydrogen-bond acceptors (Lipinski definition) is 10. The fraction of sp³-hybridized carbons (Fsp3) is 0.429. The number of amides is 1. The van der Waals surface area contributed by atoms with Crippen LogP contribution in [0.25, 0.3) is 32.1 Å². The summed E-state index contributed by atoms with van der Waals surface area (Å²) < 4.78 is 88.7. The molecule has 0 bridgehead atoms. The smallest absolute Gasteiger partial charge is 0.417 e. The van der Waals surface area contributed by atoms with Crippen molar-refractivity contribution >= 4 is 49.1 Å². The van der Waals surface area contributed by atoms with Crippen LogP contribution in [0.2, 0.25) is 0 Å². The number of hydrogen-bond donors (Lipinski definition) is 1. The quantitative estimate of drug-likeness (QED) is 0.147. The summed E-state index contributed by atoms with van der Waals surface area (Å²) in [4.78, 5) is 27.2. The van der Waals surface area contributed by atoms with Gasteiger partial charge in [0.05, 0.1) is 34.5 Å². The van der Waals surface area contributed by atoms with Gasteiger partial charge in [-0.05, 0) is 63.6 Å². The van der Waals surface area contributed by atoms with Crippen LogP contribution in [0, 0.1) is 23.0 Å². The molecule has 51 heavy (non-hydrogen) atoms. The van der Waals surface area contributed by atoms with Crippen molar-refractivity contribution in [2.75, 3.05) is 57.6 Å². The number of thiophene rings is 1. The molecule has 0 aliphatic carbocycles. The van der Waals surface area contributed by atoms with Gasteiger partial charge in [0.25, 0.3) is 0 Å². The van der Waals surface area contributed by atoms with Crippen molar-refractivity contribution in [3.05, 3.63) is 53.6 Å². The Balaban J connectivity index is 1.63. The Bertz CT molecular complexity index is 2050. The highest BCUT2D eigenvalue weighted by atomic mass is 32.1. The van der Waals surface area contributed by atoms with E-state index in [-0.39, 0.29) is 75.1 Å². The molecule has 0 saturated carbocycles. The summed E-state index contributed by atoms with van der Waals surface area (Å²) in [6.07, 6.45) is -1.74. The topological polar surface area (TPSA) is 121 Å². The summed E-state index contributed by atoms with van der Waals surface area (Å²) >= 11 is 0.690. The maximum atomic E-state index is 17.2. The molecule has 2 aliphatic rings. The molecule has 10 nitrogen and oxygen atoms in total. The monoisotopic (exact) mass is 729 g/mol. The van der Waals surface area contributed by atoms with E-state index in [4.69, 9.17) is 15.2 Å². The number of likely N-dealkylation sites (tertiary alicyclic amines) is 2. The second kappa shape index (κ2) is 14.2. The molecular formula is C35H36F5N7O3S. The van der Waals surface area contributed by atoms with Crippen molar-refractivity contribution in [2.45, 2.75) is 50.5 Å². The van der Waals surface area contributed by atoms with Crippen molar-refractivity contribution in [1.82, 2.24) is 19.8 Å². The standard InChI is InChI=1S/C35H36F5N7O3S/c1-5-26(48)47-13-11-24(25(47)17-49-4)46(6-2)33-20-14-22(35(38,39)40)28(19-9-10-23(36)31-27(19)21(15-41)32(42)51-31)29(37)30(20)43-34(44-33)50-16-18-8-7-12-45(18)3/h5,9-10,14,18,24-25H,1,6-8,11-13,16-17,42H2,2-4H3. The van der Waals surface area contributed by atoms with E-state index in [1.54, 1.807) is 16.7 Å². The van der Waals surface area contributed by atoms with Crippen molar-refractivity contribution < 1.29 is 36.2 Å². The third-order valence-corrected chi connectivity index (χ3v) is 10.8. The Kier molecular flexibility index (Phi) is 10.1. The van der Waals surface area contributed by atoms with Gasteiger partial charge in [0.1, 0.15) is 34.8 Å². The van der Waals surface area contributed by atoms with Gasteiger partial charge in [-0.25, -0.2) is 8.78 Å². The van der Waals surface area contributed by atoms with E-state index in [2.05, 4.69) is 21.4 Å². The van der Waals surface area contributed by atoms with E-state index in [1.807, 2.05) is 13.1 Å². The lowest BCUT2D eigenvalue weighted by molar-refractivity contribution is -0.137. The zero-order chi connectivity index (χ0) is 36.8. The van der Waals surface area contributed by atoms with Crippen LogP contribution in [0.5, 0.6) is 6.01 Å². The Morgan fingerprint density at radius 1 is 1.24 bits per heavy atom. The number of alkyl halides is 3. The van der Waals surface area contributed by atoms with Gasteiger partial charge in [0, 0.05) is 42.6 Å². The molecule has 2 aromatic carbocycles. The van der Waals surface area contributed by atoms with Crippen molar-refractivity contribution in [3.63, 3.8) is 0 Å². The van der Waals surface area contributed by atoms with Gasteiger partial charge in [-0.1, -0.05) is 12.6 Å². The number of ether oxygens (including phenoxy) is 2. The van der Waals surface area contributed by atoms with E-state index >= 15 is 17.6 Å². The minimum absolute atomic E-state index is 0.0170. The predicted octanol–water partition coefficient (Wildman–Crippen LogP) is 6.36. The van der Waals surface area contributed by atoms with Gasteiger partial charge in [0.2, 0.25) is 5.91 Å². The number of nitrogen functional groups attached to an aromatic ring is 1. The lowest BCUT2D eigenvalue weighted by Gasteiger charge is -2.35. The fourth-order valence-electron chi connectivity index (χ4n) is 7.34. The molecule has 6 rings (SSSR count). The van der Waals surface area contributed by atoms with Crippen LogP contribution in [-0.2, 0) is 15.7 Å². The van der Waals surface area contributed by atoms with E-state index in [9.17, 15) is 14.4 Å². The van der Waals surface area contributed by atoms with E-state index < -0.39 is 46.5 Å². The number of nitriles is 1. The number of carbonyl (C=O) groups is 1. The molecule has 4 heterocycles. The second-order valence-electron chi connectivity index (χ2n) is 12.6. The first kappa shape index (κ1) is 36.2. The Hall–Kier alpha value is -4.59. The molecule has 4 aromatic rings. The van der Waals surface area contributed by atoms with Gasteiger partial charge in [-0.3, -0.25) is 4.79 Å². The number of halogens is 5. The normalized spacial score (nSPS) is 19.6. The van der Waals surface area contributed by atoms with Crippen LogP contribution in [0.15, 0.2) is 30.9 Å². The predicted molar refractivity (Wildman–Crippen MR) is 185 cm³/mol. The van der Waals surface area contributed by atoms with Crippen molar-refractivity contribution in [2.24, 2.45) is 0 Å². The zero-order valence-electron chi connectivity index (χ0n) is 28.2. The molecule has 2 N–H and O–H groups in total. The Labute approximate surface area is 294 Å². The SMILES string of the molecule is C=CC(=O)N1CCC(N(CC)c2nc(OCC3CCCN3C)nc3c(F)c(-c4ccc(F)c5sc(N)c(C#N)c45)c(C(F)(F)F)cc23)C1COC. The number of carbonyl (C=O) groups excluding carboxylic acids is 1. The molecule has 3 atom stereocenters. The summed E-state index contributed by atoms with van der Waals surface area (Å²) in [7, 11) is 3.42. The number of methoxy groups -OCH3 is 1. The zero-order valence-corrected chi connectivity index (χ0v) is 29.0.